The lowest BCUT2D eigenvalue weighted by atomic mass is 10.2. The van der Waals surface area contributed by atoms with Crippen LogP contribution < -0.4 is 4.72 Å². The summed E-state index contributed by atoms with van der Waals surface area (Å²) in [6.07, 6.45) is 4.44. The highest BCUT2D eigenvalue weighted by molar-refractivity contribution is 9.10. The molecular weight excluding hydrogens is 424 g/mol. The van der Waals surface area contributed by atoms with E-state index in [4.69, 9.17) is 0 Å². The lowest BCUT2D eigenvalue weighted by Gasteiger charge is -2.17. The smallest absolute Gasteiger partial charge is 0.241 e. The molecule has 1 aromatic carbocycles. The number of pyridine rings is 1. The Morgan fingerprint density at radius 2 is 1.96 bits per heavy atom. The summed E-state index contributed by atoms with van der Waals surface area (Å²) in [4.78, 5) is 0.221. The minimum absolute atomic E-state index is 0.221. The summed E-state index contributed by atoms with van der Waals surface area (Å²) in [5.74, 6) is 1.39. The van der Waals surface area contributed by atoms with Crippen LogP contribution in [0.1, 0.15) is 18.3 Å². The van der Waals surface area contributed by atoms with Crippen molar-refractivity contribution in [1.29, 1.82) is 0 Å². The summed E-state index contributed by atoms with van der Waals surface area (Å²) in [6, 6.07) is 11.7. The Morgan fingerprint density at radius 3 is 2.68 bits per heavy atom. The molecule has 0 saturated heterocycles. The molecule has 2 aromatic heterocycles. The molecule has 0 unspecified atom stereocenters. The molecular formula is C16H17BrN4O2S2. The van der Waals surface area contributed by atoms with Gasteiger partial charge in [0.1, 0.15) is 0 Å². The number of rotatable bonds is 7. The highest BCUT2D eigenvalue weighted by Gasteiger charge is 2.25. The zero-order chi connectivity index (χ0) is 17.9. The van der Waals surface area contributed by atoms with E-state index in [-0.39, 0.29) is 4.90 Å². The van der Waals surface area contributed by atoms with Gasteiger partial charge >= 0.3 is 0 Å². The van der Waals surface area contributed by atoms with Crippen LogP contribution in [0.3, 0.4) is 0 Å². The molecule has 2 heterocycles. The fraction of sp³-hybridized carbons (Fsp3) is 0.250. The molecule has 0 amide bonds. The predicted molar refractivity (Wildman–Crippen MR) is 103 cm³/mol. The number of aromatic nitrogens is 3. The van der Waals surface area contributed by atoms with E-state index in [1.165, 1.54) is 0 Å². The van der Waals surface area contributed by atoms with Crippen molar-refractivity contribution < 1.29 is 8.42 Å². The average molecular weight is 441 g/mol. The Kier molecular flexibility index (Phi) is 5.78. The second-order valence-electron chi connectivity index (χ2n) is 5.40. The van der Waals surface area contributed by atoms with E-state index in [0.717, 1.165) is 10.2 Å². The van der Waals surface area contributed by atoms with Crippen LogP contribution in [0.4, 0.5) is 0 Å². The maximum Gasteiger partial charge on any atom is 0.241 e. The van der Waals surface area contributed by atoms with Gasteiger partial charge in [0.05, 0.1) is 10.9 Å². The number of benzene rings is 1. The molecule has 0 radical (unpaired) electrons. The number of halogens is 1. The molecule has 0 aliphatic carbocycles. The Bertz CT molecular complexity index is 958. The summed E-state index contributed by atoms with van der Waals surface area (Å²) >= 11 is 4.97. The third-order valence-corrected chi connectivity index (χ3v) is 6.34. The van der Waals surface area contributed by atoms with Gasteiger partial charge in [-0.25, -0.2) is 13.1 Å². The van der Waals surface area contributed by atoms with Crippen molar-refractivity contribution in [2.45, 2.75) is 17.4 Å². The standard InChI is InChI=1S/C16H17BrN4O2S2/c1-24-11-9-14(16-19-18-15-4-2-3-10-21(15)16)20-25(22,23)13-7-5-12(17)6-8-13/h2-8,10,14,20H,9,11H2,1H3/t14-/m1/s1. The minimum atomic E-state index is -3.66. The summed E-state index contributed by atoms with van der Waals surface area (Å²) < 4.78 is 30.9. The Balaban J connectivity index is 1.94. The number of thioether (sulfide) groups is 1. The molecule has 3 rings (SSSR count). The van der Waals surface area contributed by atoms with Crippen LogP contribution >= 0.6 is 27.7 Å². The van der Waals surface area contributed by atoms with Crippen LogP contribution in [-0.2, 0) is 10.0 Å². The topological polar surface area (TPSA) is 76.4 Å². The normalized spacial score (nSPS) is 13.2. The molecule has 25 heavy (non-hydrogen) atoms. The second kappa shape index (κ2) is 7.86. The predicted octanol–water partition coefficient (Wildman–Crippen LogP) is 3.26. The summed E-state index contributed by atoms with van der Waals surface area (Å²) in [7, 11) is -3.66. The first-order valence-corrected chi connectivity index (χ1v) is 11.2. The monoisotopic (exact) mass is 440 g/mol. The van der Waals surface area contributed by atoms with Crippen molar-refractivity contribution in [1.82, 2.24) is 19.3 Å². The largest absolute Gasteiger partial charge is 0.285 e. The maximum atomic E-state index is 12.8. The van der Waals surface area contributed by atoms with Crippen molar-refractivity contribution in [2.24, 2.45) is 0 Å². The van der Waals surface area contributed by atoms with Gasteiger partial charge in [0, 0.05) is 10.7 Å². The third-order valence-electron chi connectivity index (χ3n) is 3.68. The van der Waals surface area contributed by atoms with Crippen molar-refractivity contribution in [3.63, 3.8) is 0 Å². The van der Waals surface area contributed by atoms with Gasteiger partial charge in [-0.05, 0) is 54.8 Å². The van der Waals surface area contributed by atoms with Crippen LogP contribution in [-0.4, -0.2) is 35.0 Å². The van der Waals surface area contributed by atoms with Gasteiger partial charge in [-0.3, -0.25) is 4.40 Å². The quantitative estimate of drug-likeness (QED) is 0.609. The van der Waals surface area contributed by atoms with Crippen LogP contribution in [0.15, 0.2) is 58.0 Å². The van der Waals surface area contributed by atoms with Crippen molar-refractivity contribution >= 4 is 43.4 Å². The Hall–Kier alpha value is -1.42. The van der Waals surface area contributed by atoms with E-state index in [2.05, 4.69) is 30.8 Å². The molecule has 3 aromatic rings. The molecule has 132 valence electrons. The van der Waals surface area contributed by atoms with Crippen LogP contribution in [0.5, 0.6) is 0 Å². The van der Waals surface area contributed by atoms with Crippen LogP contribution in [0.25, 0.3) is 5.65 Å². The van der Waals surface area contributed by atoms with Gasteiger partial charge in [0.15, 0.2) is 11.5 Å². The molecule has 1 N–H and O–H groups in total. The van der Waals surface area contributed by atoms with Crippen molar-refractivity contribution in [3.05, 3.63) is 59.0 Å². The van der Waals surface area contributed by atoms with E-state index < -0.39 is 16.1 Å². The van der Waals surface area contributed by atoms with Gasteiger partial charge in [0.2, 0.25) is 10.0 Å². The van der Waals surface area contributed by atoms with Crippen LogP contribution in [0.2, 0.25) is 0 Å². The Labute approximate surface area is 159 Å². The molecule has 0 saturated carbocycles. The van der Waals surface area contributed by atoms with Gasteiger partial charge < -0.3 is 0 Å². The fourth-order valence-electron chi connectivity index (χ4n) is 2.44. The Morgan fingerprint density at radius 1 is 1.20 bits per heavy atom. The highest BCUT2D eigenvalue weighted by Crippen LogP contribution is 2.22. The summed E-state index contributed by atoms with van der Waals surface area (Å²) in [5.41, 5.74) is 0.689. The summed E-state index contributed by atoms with van der Waals surface area (Å²) in [6.45, 7) is 0. The van der Waals surface area contributed by atoms with Gasteiger partial charge in [-0.2, -0.15) is 11.8 Å². The summed E-state index contributed by atoms with van der Waals surface area (Å²) in [5, 5.41) is 8.34. The van der Waals surface area contributed by atoms with E-state index in [9.17, 15) is 8.42 Å². The highest BCUT2D eigenvalue weighted by atomic mass is 79.9. The molecule has 0 bridgehead atoms. The number of hydrogen-bond donors (Lipinski definition) is 1. The van der Waals surface area contributed by atoms with E-state index in [1.54, 1.807) is 36.0 Å². The maximum absolute atomic E-state index is 12.8. The number of sulfonamides is 1. The van der Waals surface area contributed by atoms with Crippen molar-refractivity contribution in [2.75, 3.05) is 12.0 Å². The van der Waals surface area contributed by atoms with E-state index in [0.29, 0.717) is 17.9 Å². The molecule has 0 aliphatic heterocycles. The number of hydrogen-bond acceptors (Lipinski definition) is 5. The average Bonchev–Trinajstić information content (AvgIpc) is 3.03. The van der Waals surface area contributed by atoms with Gasteiger partial charge in [-0.1, -0.05) is 22.0 Å². The van der Waals surface area contributed by atoms with Crippen LogP contribution in [0, 0.1) is 0 Å². The first-order chi connectivity index (χ1) is 12.0. The third kappa shape index (κ3) is 4.22. The zero-order valence-electron chi connectivity index (χ0n) is 13.5. The van der Waals surface area contributed by atoms with E-state index >= 15 is 0 Å². The van der Waals surface area contributed by atoms with Crippen molar-refractivity contribution in [3.8, 4) is 0 Å². The lowest BCUT2D eigenvalue weighted by molar-refractivity contribution is 0.536. The lowest BCUT2D eigenvalue weighted by Crippen LogP contribution is -2.30. The fourth-order valence-corrected chi connectivity index (χ4v) is 4.41. The molecule has 6 nitrogen and oxygen atoms in total. The number of nitrogens with zero attached hydrogens (tertiary/aromatic N) is 3. The molecule has 0 fully saturated rings. The second-order valence-corrected chi connectivity index (χ2v) is 9.01. The molecule has 1 atom stereocenters. The zero-order valence-corrected chi connectivity index (χ0v) is 16.7. The minimum Gasteiger partial charge on any atom is -0.285 e. The number of fused-ring (bicyclic) bond motifs is 1. The first-order valence-electron chi connectivity index (χ1n) is 7.58. The SMILES string of the molecule is CSCC[C@@H](NS(=O)(=O)c1ccc(Br)cc1)c1nnc2ccccn12. The number of nitrogens with one attached hydrogen (secondary N) is 1. The van der Waals surface area contributed by atoms with Gasteiger partial charge in [-0.15, -0.1) is 10.2 Å². The van der Waals surface area contributed by atoms with E-state index in [1.807, 2.05) is 35.1 Å². The molecule has 0 spiro atoms. The van der Waals surface area contributed by atoms with Gasteiger partial charge in [0.25, 0.3) is 0 Å². The molecule has 0 aliphatic rings. The molecule has 9 heteroatoms. The first kappa shape index (κ1) is 18.4.